The van der Waals surface area contributed by atoms with E-state index in [1.807, 2.05) is 0 Å². The number of terminal acetylenes is 2. The van der Waals surface area contributed by atoms with Crippen LogP contribution in [0.4, 0.5) is 0 Å². The lowest BCUT2D eigenvalue weighted by molar-refractivity contribution is 0.384. The molecule has 0 aromatic rings. The smallest absolute Gasteiger partial charge is 0.364 e. The molecule has 8 heavy (non-hydrogen) atoms. The molecule has 0 spiro atoms. The first kappa shape index (κ1) is 6.95. The summed E-state index contributed by atoms with van der Waals surface area (Å²) < 4.78 is 18.1. The lowest BCUT2D eigenvalue weighted by atomic mass is 11.3. The Labute approximate surface area is 47.9 Å². The summed E-state index contributed by atoms with van der Waals surface area (Å²) in [6.45, 7) is 0. The molecule has 0 saturated carbocycles. The fourth-order valence-electron chi connectivity index (χ4n) is 0.117. The van der Waals surface area contributed by atoms with Gasteiger partial charge in [0, 0.05) is 0 Å². The van der Waals surface area contributed by atoms with Crippen LogP contribution in [0.25, 0.3) is 0 Å². The van der Waals surface area contributed by atoms with Gasteiger partial charge in [-0.25, -0.2) is 4.57 Å². The molecule has 0 amide bonds. The van der Waals surface area contributed by atoms with Crippen LogP contribution in [0.15, 0.2) is 0 Å². The molecule has 0 saturated heterocycles. The van der Waals surface area contributed by atoms with Gasteiger partial charge in [0.15, 0.2) is 0 Å². The number of rotatable bonds is 2. The molecule has 0 aliphatic carbocycles. The van der Waals surface area contributed by atoms with Crippen molar-refractivity contribution in [1.82, 2.24) is 0 Å². The van der Waals surface area contributed by atoms with Crippen LogP contribution in [0.1, 0.15) is 0 Å². The Morgan fingerprint density at radius 2 is 1.62 bits per heavy atom. The van der Waals surface area contributed by atoms with Gasteiger partial charge < -0.3 is 9.05 Å². The van der Waals surface area contributed by atoms with E-state index in [0.717, 1.165) is 0 Å². The van der Waals surface area contributed by atoms with Gasteiger partial charge in [0.1, 0.15) is 12.2 Å². The summed E-state index contributed by atoms with van der Waals surface area (Å²) in [5.74, 6) is 0. The molecule has 0 heterocycles. The van der Waals surface area contributed by atoms with Crippen LogP contribution in [0.2, 0.25) is 0 Å². The fourth-order valence-corrected chi connectivity index (χ4v) is 0.351. The molecule has 0 radical (unpaired) electrons. The van der Waals surface area contributed by atoms with Crippen molar-refractivity contribution in [3.63, 3.8) is 0 Å². The molecule has 0 aliphatic heterocycles. The second-order valence-electron chi connectivity index (χ2n) is 0.690. The molecule has 0 bridgehead atoms. The molecular formula is C4H3O3P. The Hall–Kier alpha value is -1.05. The van der Waals surface area contributed by atoms with Crippen LogP contribution in [0, 0.1) is 25.1 Å². The van der Waals surface area contributed by atoms with Crippen LogP contribution in [0.5, 0.6) is 0 Å². The summed E-state index contributed by atoms with van der Waals surface area (Å²) in [6.07, 6.45) is 12.5. The quantitative estimate of drug-likeness (QED) is 0.405. The highest BCUT2D eigenvalue weighted by atomic mass is 31.1. The highest BCUT2D eigenvalue weighted by Gasteiger charge is 1.90. The van der Waals surface area contributed by atoms with Crippen molar-refractivity contribution in [3.05, 3.63) is 0 Å². The molecule has 0 rings (SSSR count). The average Bonchev–Trinajstić information content (AvgIpc) is 1.68. The second-order valence-corrected chi connectivity index (χ2v) is 1.60. The lowest BCUT2D eigenvalue weighted by Gasteiger charge is -1.89. The van der Waals surface area contributed by atoms with Crippen LogP contribution in [0.3, 0.4) is 0 Å². The molecule has 0 aliphatic rings. The maximum atomic E-state index is 10.1. The minimum absolute atomic E-state index is 1.66. The van der Waals surface area contributed by atoms with Crippen molar-refractivity contribution >= 4 is 8.25 Å². The third-order valence-electron chi connectivity index (χ3n) is 0.285. The summed E-state index contributed by atoms with van der Waals surface area (Å²) >= 11 is 0. The Balaban J connectivity index is 3.41. The van der Waals surface area contributed by atoms with Crippen molar-refractivity contribution in [2.75, 3.05) is 0 Å². The predicted octanol–water partition coefficient (Wildman–Crippen LogP) is 0.591. The first-order valence-corrected chi connectivity index (χ1v) is 2.82. The minimum atomic E-state index is -2.61. The van der Waals surface area contributed by atoms with E-state index in [1.54, 1.807) is 12.2 Å². The largest absolute Gasteiger partial charge is 0.435 e. The number of hydrogen-bond donors (Lipinski definition) is 0. The highest BCUT2D eigenvalue weighted by Crippen LogP contribution is 2.20. The van der Waals surface area contributed by atoms with Crippen LogP contribution >= 0.6 is 8.25 Å². The van der Waals surface area contributed by atoms with E-state index < -0.39 is 8.25 Å². The fraction of sp³-hybridized carbons (Fsp3) is 0. The van der Waals surface area contributed by atoms with Gasteiger partial charge in [0.05, 0.1) is 0 Å². The first-order valence-electron chi connectivity index (χ1n) is 1.60. The van der Waals surface area contributed by atoms with Gasteiger partial charge in [0.2, 0.25) is 0 Å². The molecule has 3 nitrogen and oxygen atoms in total. The Morgan fingerprint density at radius 3 is 1.88 bits per heavy atom. The van der Waals surface area contributed by atoms with E-state index in [9.17, 15) is 4.57 Å². The van der Waals surface area contributed by atoms with Crippen molar-refractivity contribution < 1.29 is 13.6 Å². The minimum Gasteiger partial charge on any atom is -0.364 e. The molecule has 0 aromatic heterocycles. The standard InChI is InChI=1S/C4H3O3P/c1-3-6-8(5)7-4-2/h1-2,8H. The molecule has 42 valence electrons. The van der Waals surface area contributed by atoms with Crippen molar-refractivity contribution in [3.8, 4) is 25.1 Å². The molecule has 0 aromatic carbocycles. The molecule has 4 heteroatoms. The summed E-state index contributed by atoms with van der Waals surface area (Å²) in [5.41, 5.74) is 0. The van der Waals surface area contributed by atoms with Crippen molar-refractivity contribution in [1.29, 1.82) is 0 Å². The molecule has 0 atom stereocenters. The third-order valence-corrected chi connectivity index (χ3v) is 0.854. The number of hydrogen-bond acceptors (Lipinski definition) is 3. The summed E-state index contributed by atoms with van der Waals surface area (Å²) in [7, 11) is -2.61. The normalized spacial score (nSPS) is 6.88. The van der Waals surface area contributed by atoms with E-state index in [-0.39, 0.29) is 0 Å². The maximum Gasteiger partial charge on any atom is 0.435 e. The van der Waals surface area contributed by atoms with E-state index >= 15 is 0 Å². The van der Waals surface area contributed by atoms with Crippen LogP contribution < -0.4 is 0 Å². The summed E-state index contributed by atoms with van der Waals surface area (Å²) in [5, 5.41) is 0. The second kappa shape index (κ2) is 4.12. The molecule has 0 N–H and O–H groups in total. The van der Waals surface area contributed by atoms with Gasteiger partial charge in [-0.1, -0.05) is 12.8 Å². The zero-order valence-corrected chi connectivity index (χ0v) is 4.88. The summed E-state index contributed by atoms with van der Waals surface area (Å²) in [4.78, 5) is 0. The first-order chi connectivity index (χ1) is 3.81. The Bertz CT molecular complexity index is 143. The lowest BCUT2D eigenvalue weighted by Crippen LogP contribution is -1.66. The summed E-state index contributed by atoms with van der Waals surface area (Å²) in [6, 6.07) is 0. The monoisotopic (exact) mass is 130 g/mol. The Morgan fingerprint density at radius 1 is 1.25 bits per heavy atom. The van der Waals surface area contributed by atoms with Gasteiger partial charge in [-0.2, -0.15) is 0 Å². The van der Waals surface area contributed by atoms with Crippen molar-refractivity contribution in [2.45, 2.75) is 0 Å². The molecular weight excluding hydrogens is 127 g/mol. The van der Waals surface area contributed by atoms with Crippen LogP contribution in [-0.4, -0.2) is 0 Å². The van der Waals surface area contributed by atoms with Gasteiger partial charge in [0.25, 0.3) is 0 Å². The van der Waals surface area contributed by atoms with Gasteiger partial charge in [-0.3, -0.25) is 0 Å². The zero-order chi connectivity index (χ0) is 6.41. The van der Waals surface area contributed by atoms with E-state index in [2.05, 4.69) is 21.9 Å². The Kier molecular flexibility index (Phi) is 3.58. The highest BCUT2D eigenvalue weighted by molar-refractivity contribution is 7.33. The third kappa shape index (κ3) is 3.15. The SMILES string of the molecule is C#CO[PH](=O)OC#C. The zero-order valence-electron chi connectivity index (χ0n) is 3.88. The van der Waals surface area contributed by atoms with Crippen LogP contribution in [-0.2, 0) is 13.6 Å². The maximum absolute atomic E-state index is 10.1. The average molecular weight is 130 g/mol. The van der Waals surface area contributed by atoms with E-state index in [0.29, 0.717) is 0 Å². The van der Waals surface area contributed by atoms with Gasteiger partial charge >= 0.3 is 8.25 Å². The van der Waals surface area contributed by atoms with Crippen molar-refractivity contribution in [2.24, 2.45) is 0 Å². The van der Waals surface area contributed by atoms with Gasteiger partial charge in [-0.05, 0) is 0 Å². The predicted molar refractivity (Wildman–Crippen MR) is 28.8 cm³/mol. The molecule has 0 fully saturated rings. The topological polar surface area (TPSA) is 35.5 Å². The van der Waals surface area contributed by atoms with E-state index in [1.165, 1.54) is 0 Å². The van der Waals surface area contributed by atoms with Gasteiger partial charge in [-0.15, -0.1) is 0 Å². The molecule has 0 unspecified atom stereocenters. The van der Waals surface area contributed by atoms with E-state index in [4.69, 9.17) is 0 Å².